The van der Waals surface area contributed by atoms with Gasteiger partial charge in [-0.3, -0.25) is 9.59 Å². The van der Waals surface area contributed by atoms with Crippen LogP contribution in [0.15, 0.2) is 42.7 Å². The molecule has 1 saturated heterocycles. The van der Waals surface area contributed by atoms with E-state index in [-0.39, 0.29) is 17.7 Å². The molecule has 0 radical (unpaired) electrons. The summed E-state index contributed by atoms with van der Waals surface area (Å²) in [7, 11) is 0. The first-order valence-electron chi connectivity index (χ1n) is 9.64. The first kappa shape index (κ1) is 19.8. The lowest BCUT2D eigenvalue weighted by Gasteiger charge is -2.37. The Morgan fingerprint density at radius 3 is 2.25 bits per heavy atom. The van der Waals surface area contributed by atoms with Gasteiger partial charge in [-0.25, -0.2) is 9.97 Å². The number of anilines is 1. The van der Waals surface area contributed by atoms with Crippen molar-refractivity contribution in [1.82, 2.24) is 20.2 Å². The predicted molar refractivity (Wildman–Crippen MR) is 108 cm³/mol. The number of carbonyl (C=O) groups is 2. The molecule has 148 valence electrons. The van der Waals surface area contributed by atoms with Crippen molar-refractivity contribution in [2.45, 2.75) is 26.8 Å². The molecule has 0 spiro atoms. The quantitative estimate of drug-likeness (QED) is 0.856. The standard InChI is InChI=1S/C21H27N5O2/c1-15(2)18(24-19(27)17-8-5-4-7-16(17)3)20(28)25-11-13-26(14-12-25)21-22-9-6-10-23-21/h4-10,15,18H,11-14H2,1-3H3,(H,24,27)/t18-/m0/s1. The van der Waals surface area contributed by atoms with Crippen LogP contribution < -0.4 is 10.2 Å². The van der Waals surface area contributed by atoms with Crippen molar-refractivity contribution in [3.05, 3.63) is 53.9 Å². The first-order valence-corrected chi connectivity index (χ1v) is 9.64. The van der Waals surface area contributed by atoms with Crippen LogP contribution in [0.5, 0.6) is 0 Å². The van der Waals surface area contributed by atoms with Crippen molar-refractivity contribution in [3.8, 4) is 0 Å². The lowest BCUT2D eigenvalue weighted by molar-refractivity contribution is -0.134. The second-order valence-electron chi connectivity index (χ2n) is 7.37. The molecule has 1 fully saturated rings. The van der Waals surface area contributed by atoms with Gasteiger partial charge in [-0.05, 0) is 30.5 Å². The van der Waals surface area contributed by atoms with E-state index >= 15 is 0 Å². The highest BCUT2D eigenvalue weighted by atomic mass is 16.2. The zero-order valence-corrected chi connectivity index (χ0v) is 16.6. The third-order valence-electron chi connectivity index (χ3n) is 5.04. The first-order chi connectivity index (χ1) is 13.5. The maximum absolute atomic E-state index is 13.1. The summed E-state index contributed by atoms with van der Waals surface area (Å²) in [4.78, 5) is 38.2. The van der Waals surface area contributed by atoms with Crippen LogP contribution in [-0.2, 0) is 4.79 Å². The Hall–Kier alpha value is -2.96. The molecule has 0 saturated carbocycles. The van der Waals surface area contributed by atoms with Crippen molar-refractivity contribution >= 4 is 17.8 Å². The zero-order chi connectivity index (χ0) is 20.1. The fourth-order valence-electron chi connectivity index (χ4n) is 3.34. The lowest BCUT2D eigenvalue weighted by Crippen LogP contribution is -2.56. The van der Waals surface area contributed by atoms with Crippen molar-refractivity contribution in [1.29, 1.82) is 0 Å². The van der Waals surface area contributed by atoms with Crippen LogP contribution in [0.25, 0.3) is 0 Å². The SMILES string of the molecule is Cc1ccccc1C(=O)N[C@H](C(=O)N1CCN(c2ncccn2)CC1)C(C)C. The van der Waals surface area contributed by atoms with Gasteiger partial charge in [0.05, 0.1) is 0 Å². The van der Waals surface area contributed by atoms with E-state index in [0.717, 1.165) is 5.56 Å². The summed E-state index contributed by atoms with van der Waals surface area (Å²) in [5, 5.41) is 2.95. The van der Waals surface area contributed by atoms with E-state index in [1.165, 1.54) is 0 Å². The molecule has 1 atom stereocenters. The molecule has 7 nitrogen and oxygen atoms in total. The second-order valence-corrected chi connectivity index (χ2v) is 7.37. The van der Waals surface area contributed by atoms with Gasteiger partial charge in [-0.1, -0.05) is 32.0 Å². The third kappa shape index (κ3) is 4.47. The number of nitrogens with zero attached hydrogens (tertiary/aromatic N) is 4. The van der Waals surface area contributed by atoms with Crippen LogP contribution in [0.2, 0.25) is 0 Å². The zero-order valence-electron chi connectivity index (χ0n) is 16.6. The monoisotopic (exact) mass is 381 g/mol. The maximum Gasteiger partial charge on any atom is 0.252 e. The Kier molecular flexibility index (Phi) is 6.23. The number of aryl methyl sites for hydroxylation is 1. The molecule has 1 aliphatic rings. The Morgan fingerprint density at radius 2 is 1.64 bits per heavy atom. The van der Waals surface area contributed by atoms with Crippen LogP contribution in [0.1, 0.15) is 29.8 Å². The van der Waals surface area contributed by atoms with Gasteiger partial charge in [0.1, 0.15) is 6.04 Å². The van der Waals surface area contributed by atoms with E-state index in [9.17, 15) is 9.59 Å². The highest BCUT2D eigenvalue weighted by Crippen LogP contribution is 2.14. The van der Waals surface area contributed by atoms with Gasteiger partial charge < -0.3 is 15.1 Å². The van der Waals surface area contributed by atoms with Gasteiger partial charge in [0.25, 0.3) is 5.91 Å². The highest BCUT2D eigenvalue weighted by molar-refractivity contribution is 5.98. The number of nitrogens with one attached hydrogen (secondary N) is 1. The average molecular weight is 381 g/mol. The number of aromatic nitrogens is 2. The average Bonchev–Trinajstić information content (AvgIpc) is 2.72. The molecule has 1 aromatic heterocycles. The van der Waals surface area contributed by atoms with Gasteiger partial charge in [0.15, 0.2) is 0 Å². The van der Waals surface area contributed by atoms with Crippen LogP contribution in [0, 0.1) is 12.8 Å². The lowest BCUT2D eigenvalue weighted by atomic mass is 10.0. The molecule has 0 unspecified atom stereocenters. The summed E-state index contributed by atoms with van der Waals surface area (Å²) in [5.74, 6) is 0.436. The number of hydrogen-bond donors (Lipinski definition) is 1. The van der Waals surface area contributed by atoms with Crippen molar-refractivity contribution < 1.29 is 9.59 Å². The highest BCUT2D eigenvalue weighted by Gasteiger charge is 2.31. The Bertz CT molecular complexity index is 817. The maximum atomic E-state index is 13.1. The molecule has 7 heteroatoms. The largest absolute Gasteiger partial charge is 0.340 e. The van der Waals surface area contributed by atoms with Crippen LogP contribution >= 0.6 is 0 Å². The van der Waals surface area contributed by atoms with Crippen LogP contribution in [0.3, 0.4) is 0 Å². The van der Waals surface area contributed by atoms with Crippen molar-refractivity contribution in [2.24, 2.45) is 5.92 Å². The van der Waals surface area contributed by atoms with Crippen molar-refractivity contribution in [2.75, 3.05) is 31.1 Å². The number of amides is 2. The molecule has 1 aromatic carbocycles. The molecule has 0 bridgehead atoms. The Balaban J connectivity index is 1.64. The molecule has 2 heterocycles. The number of piperazine rings is 1. The molecule has 1 N–H and O–H groups in total. The Labute approximate surface area is 165 Å². The summed E-state index contributed by atoms with van der Waals surface area (Å²) in [5.41, 5.74) is 1.50. The van der Waals surface area contributed by atoms with Gasteiger partial charge in [0, 0.05) is 44.1 Å². The second kappa shape index (κ2) is 8.82. The summed E-state index contributed by atoms with van der Waals surface area (Å²) >= 11 is 0. The van der Waals surface area contributed by atoms with Crippen LogP contribution in [-0.4, -0.2) is 58.9 Å². The third-order valence-corrected chi connectivity index (χ3v) is 5.04. The molecule has 0 aliphatic carbocycles. The summed E-state index contributed by atoms with van der Waals surface area (Å²) < 4.78 is 0. The minimum atomic E-state index is -0.549. The molecule has 1 aliphatic heterocycles. The van der Waals surface area contributed by atoms with Gasteiger partial charge >= 0.3 is 0 Å². The smallest absolute Gasteiger partial charge is 0.252 e. The topological polar surface area (TPSA) is 78.4 Å². The number of rotatable bonds is 5. The molecule has 3 rings (SSSR count). The molecular formula is C21H27N5O2. The van der Waals surface area contributed by atoms with E-state index in [0.29, 0.717) is 37.7 Å². The summed E-state index contributed by atoms with van der Waals surface area (Å²) in [6.45, 7) is 8.31. The van der Waals surface area contributed by atoms with Gasteiger partial charge in [-0.2, -0.15) is 0 Å². The van der Waals surface area contributed by atoms with E-state index < -0.39 is 6.04 Å². The molecular weight excluding hydrogens is 354 g/mol. The molecule has 2 amide bonds. The van der Waals surface area contributed by atoms with E-state index in [2.05, 4.69) is 20.2 Å². The fraction of sp³-hybridized carbons (Fsp3) is 0.429. The minimum Gasteiger partial charge on any atom is -0.340 e. The minimum absolute atomic E-state index is 0.00375. The summed E-state index contributed by atoms with van der Waals surface area (Å²) in [6, 6.07) is 8.64. The normalized spacial score (nSPS) is 15.4. The number of carbonyl (C=O) groups excluding carboxylic acids is 2. The van der Waals surface area contributed by atoms with Gasteiger partial charge in [0.2, 0.25) is 11.9 Å². The van der Waals surface area contributed by atoms with E-state index in [1.807, 2.05) is 43.9 Å². The predicted octanol–water partition coefficient (Wildman–Crippen LogP) is 1.89. The van der Waals surface area contributed by atoms with Crippen LogP contribution in [0.4, 0.5) is 5.95 Å². The van der Waals surface area contributed by atoms with E-state index in [1.54, 1.807) is 24.5 Å². The Morgan fingerprint density at radius 1 is 1.00 bits per heavy atom. The molecule has 2 aromatic rings. The summed E-state index contributed by atoms with van der Waals surface area (Å²) in [6.07, 6.45) is 3.44. The fourth-order valence-corrected chi connectivity index (χ4v) is 3.34. The number of benzene rings is 1. The van der Waals surface area contributed by atoms with Gasteiger partial charge in [-0.15, -0.1) is 0 Å². The molecule has 28 heavy (non-hydrogen) atoms. The van der Waals surface area contributed by atoms with E-state index in [4.69, 9.17) is 0 Å². The number of hydrogen-bond acceptors (Lipinski definition) is 5. The van der Waals surface area contributed by atoms with Crippen molar-refractivity contribution in [3.63, 3.8) is 0 Å².